The Bertz CT molecular complexity index is 2070. The van der Waals surface area contributed by atoms with Gasteiger partial charge >= 0.3 is 0 Å². The van der Waals surface area contributed by atoms with Crippen molar-refractivity contribution in [1.82, 2.24) is 20.4 Å². The van der Waals surface area contributed by atoms with Gasteiger partial charge in [0, 0.05) is 32.7 Å². The molecule has 15 heteroatoms. The molecule has 0 unspecified atom stereocenters. The quantitative estimate of drug-likeness (QED) is 0.124. The number of ether oxygens (including phenoxy) is 3. The highest BCUT2D eigenvalue weighted by atomic mass is 35.5. The van der Waals surface area contributed by atoms with E-state index < -0.39 is 0 Å². The van der Waals surface area contributed by atoms with Crippen molar-refractivity contribution in [2.24, 2.45) is 20.4 Å². The Morgan fingerprint density at radius 1 is 0.617 bits per heavy atom. The summed E-state index contributed by atoms with van der Waals surface area (Å²) in [5.41, 5.74) is 1.95. The van der Waals surface area contributed by atoms with Gasteiger partial charge in [-0.05, 0) is 24.3 Å². The second-order valence-corrected chi connectivity index (χ2v) is 9.54. The summed E-state index contributed by atoms with van der Waals surface area (Å²) in [4.78, 5) is 0. The van der Waals surface area contributed by atoms with Crippen LogP contribution in [0.5, 0.6) is 34.5 Å². The molecule has 47 heavy (non-hydrogen) atoms. The number of H-pyrrole nitrogens is 2. The fourth-order valence-corrected chi connectivity index (χ4v) is 4.50. The Morgan fingerprint density at radius 2 is 1.02 bits per heavy atom. The van der Waals surface area contributed by atoms with Gasteiger partial charge in [0.05, 0.1) is 39.0 Å². The second-order valence-electron chi connectivity index (χ2n) is 9.54. The number of benzene rings is 4. The average Bonchev–Trinajstić information content (AvgIpc) is 3.07. The van der Waals surface area contributed by atoms with E-state index in [4.69, 9.17) is 14.2 Å². The first-order chi connectivity index (χ1) is 22.0. The summed E-state index contributed by atoms with van der Waals surface area (Å²) in [5.74, 6) is -0.358. The van der Waals surface area contributed by atoms with Gasteiger partial charge in [0.15, 0.2) is 34.0 Å². The summed E-state index contributed by atoms with van der Waals surface area (Å²) in [7, 11) is 2.82. The number of phenols is 2. The van der Waals surface area contributed by atoms with Crippen LogP contribution in [-0.2, 0) is 0 Å². The first-order valence-electron chi connectivity index (χ1n) is 13.5. The largest absolute Gasteiger partial charge is 0.502 e. The summed E-state index contributed by atoms with van der Waals surface area (Å²) in [6, 6.07) is 21.5. The zero-order valence-electron chi connectivity index (χ0n) is 24.9. The summed E-state index contributed by atoms with van der Waals surface area (Å²) >= 11 is 0. The maximum atomic E-state index is 10.8. The van der Waals surface area contributed by atoms with Crippen LogP contribution in [0.3, 0.4) is 0 Å². The number of nitrogens with one attached hydrogen (secondary N) is 2. The van der Waals surface area contributed by atoms with Crippen molar-refractivity contribution < 1.29 is 24.4 Å². The van der Waals surface area contributed by atoms with E-state index in [2.05, 4.69) is 40.8 Å². The lowest BCUT2D eigenvalue weighted by molar-refractivity contribution is 0.337. The van der Waals surface area contributed by atoms with Crippen molar-refractivity contribution in [3.8, 4) is 34.5 Å². The Kier molecular flexibility index (Phi) is 11.1. The molecule has 0 aliphatic rings. The number of methoxy groups -OCH3 is 2. The average molecular weight is 676 g/mol. The van der Waals surface area contributed by atoms with E-state index >= 15 is 0 Å². The lowest BCUT2D eigenvalue weighted by Crippen LogP contribution is -2.09. The predicted molar refractivity (Wildman–Crippen MR) is 182 cm³/mol. The van der Waals surface area contributed by atoms with Gasteiger partial charge in [0.2, 0.25) is 11.5 Å². The van der Waals surface area contributed by atoms with Gasteiger partial charge in [-0.25, -0.2) is 0 Å². The van der Waals surface area contributed by atoms with Crippen LogP contribution in [0.25, 0.3) is 21.5 Å². The predicted octanol–water partition coefficient (Wildman–Crippen LogP) is 5.37. The lowest BCUT2D eigenvalue weighted by Gasteiger charge is -2.14. The van der Waals surface area contributed by atoms with Crippen molar-refractivity contribution >= 4 is 58.8 Å². The van der Waals surface area contributed by atoms with E-state index in [1.54, 1.807) is 24.5 Å². The molecule has 0 atom stereocenters. The first kappa shape index (κ1) is 34.0. The number of halogens is 2. The monoisotopic (exact) mass is 674 g/mol. The summed E-state index contributed by atoms with van der Waals surface area (Å²) in [6.45, 7) is 0. The number of nitrogens with zero attached hydrogens (tertiary/aromatic N) is 6. The van der Waals surface area contributed by atoms with E-state index in [0.29, 0.717) is 22.1 Å². The van der Waals surface area contributed by atoms with Crippen LogP contribution < -0.4 is 25.2 Å². The molecule has 4 N–H and O–H groups in total. The van der Waals surface area contributed by atoms with Crippen LogP contribution in [0.15, 0.2) is 106 Å². The topological polar surface area (TPSA) is 175 Å². The zero-order valence-corrected chi connectivity index (χ0v) is 26.5. The molecule has 0 spiro atoms. The van der Waals surface area contributed by atoms with Gasteiger partial charge in [0.1, 0.15) is 0 Å². The second kappa shape index (κ2) is 15.4. The number of fused-ring (bicyclic) bond motifs is 2. The lowest BCUT2D eigenvalue weighted by atomic mass is 10.1. The molecule has 0 aliphatic heterocycles. The molecule has 0 saturated heterocycles. The fourth-order valence-electron chi connectivity index (χ4n) is 4.50. The summed E-state index contributed by atoms with van der Waals surface area (Å²) in [6.07, 6.45) is 6.34. The molecular weight excluding hydrogens is 647 g/mol. The maximum Gasteiger partial charge on any atom is 0.201 e. The van der Waals surface area contributed by atoms with Crippen molar-refractivity contribution in [1.29, 1.82) is 0 Å². The van der Waals surface area contributed by atoms with E-state index in [1.807, 2.05) is 48.5 Å². The van der Waals surface area contributed by atoms with Crippen LogP contribution in [0.2, 0.25) is 0 Å². The number of phenolic OH excluding ortho intramolecular Hbond substituents is 2. The molecular formula is C32H28Cl2N8O5. The third kappa shape index (κ3) is 7.49. The zero-order chi connectivity index (χ0) is 31.2. The van der Waals surface area contributed by atoms with Crippen LogP contribution >= 0.6 is 24.8 Å². The summed E-state index contributed by atoms with van der Waals surface area (Å²) in [5, 5.41) is 56.0. The SMILES string of the molecule is COc1cc(/C=N/N=c2/[nH]ncc3ccccc23)cc(Oc2cc(/C=N/N=c3/[nH]ncc4ccccc34)cc(OC)c2O)c1O.Cl.Cl. The van der Waals surface area contributed by atoms with Gasteiger partial charge in [0.25, 0.3) is 0 Å². The van der Waals surface area contributed by atoms with E-state index in [0.717, 1.165) is 21.5 Å². The Labute approximate surface area is 279 Å². The van der Waals surface area contributed by atoms with Gasteiger partial charge < -0.3 is 24.4 Å². The van der Waals surface area contributed by atoms with Crippen molar-refractivity contribution in [3.05, 3.63) is 107 Å². The molecule has 0 saturated carbocycles. The number of aromatic nitrogens is 4. The van der Waals surface area contributed by atoms with E-state index in [1.165, 1.54) is 38.8 Å². The highest BCUT2D eigenvalue weighted by Gasteiger charge is 2.17. The molecule has 2 heterocycles. The van der Waals surface area contributed by atoms with Gasteiger partial charge in [-0.2, -0.15) is 20.4 Å². The maximum absolute atomic E-state index is 10.8. The van der Waals surface area contributed by atoms with Gasteiger partial charge in [-0.1, -0.05) is 48.5 Å². The molecule has 0 amide bonds. The molecule has 0 bridgehead atoms. The Morgan fingerprint density at radius 3 is 1.45 bits per heavy atom. The number of hydrogen-bond donors (Lipinski definition) is 4. The Balaban J connectivity index is 0.00000250. The standard InChI is InChI=1S/C32H26N8O5.2ClH/c1-43-25-11-19(15-33-37-31-23-9-5-3-7-21(23)17-35-39-31)13-27(29(25)41)45-28-14-20(12-26(44-2)30(28)42)16-34-38-32-24-10-6-4-8-22(24)18-36-40-32;;/h3-18,41-42H,1-2H3,(H,37,39)(H,38,40);2*1H/b33-15+,34-16+;;. The van der Waals surface area contributed by atoms with Crippen LogP contribution in [0.4, 0.5) is 0 Å². The molecule has 6 rings (SSSR count). The smallest absolute Gasteiger partial charge is 0.201 e. The number of aromatic amines is 2. The molecule has 13 nitrogen and oxygen atoms in total. The number of rotatable bonds is 8. The molecule has 4 aromatic carbocycles. The third-order valence-electron chi connectivity index (χ3n) is 6.69. The minimum Gasteiger partial charge on any atom is -0.502 e. The minimum atomic E-state index is -0.287. The molecule has 0 fully saturated rings. The van der Waals surface area contributed by atoms with Crippen LogP contribution in [0.1, 0.15) is 11.1 Å². The third-order valence-corrected chi connectivity index (χ3v) is 6.69. The van der Waals surface area contributed by atoms with Crippen molar-refractivity contribution in [3.63, 3.8) is 0 Å². The minimum absolute atomic E-state index is 0. The first-order valence-corrected chi connectivity index (χ1v) is 13.5. The highest BCUT2D eigenvalue weighted by molar-refractivity contribution is 5.86. The van der Waals surface area contributed by atoms with Gasteiger partial charge in [-0.15, -0.1) is 35.0 Å². The molecule has 240 valence electrons. The molecule has 0 aliphatic carbocycles. The Hall–Kier alpha value is -5.92. The number of aromatic hydroxyl groups is 2. The van der Waals surface area contributed by atoms with Crippen LogP contribution in [-0.4, -0.2) is 57.3 Å². The summed E-state index contributed by atoms with van der Waals surface area (Å²) < 4.78 is 16.7. The molecule has 0 radical (unpaired) electrons. The van der Waals surface area contributed by atoms with Crippen molar-refractivity contribution in [2.75, 3.05) is 14.2 Å². The highest BCUT2D eigenvalue weighted by Crippen LogP contribution is 2.44. The van der Waals surface area contributed by atoms with Crippen molar-refractivity contribution in [2.45, 2.75) is 0 Å². The van der Waals surface area contributed by atoms with E-state index in [9.17, 15) is 10.2 Å². The van der Waals surface area contributed by atoms with Crippen LogP contribution in [0, 0.1) is 0 Å². The normalized spacial score (nSPS) is 12.0. The molecule has 6 aromatic rings. The fraction of sp³-hybridized carbons (Fsp3) is 0.0625. The van der Waals surface area contributed by atoms with E-state index in [-0.39, 0.29) is 59.3 Å². The van der Waals surface area contributed by atoms with Gasteiger partial charge in [-0.3, -0.25) is 10.2 Å². The molecule has 2 aromatic heterocycles. The number of hydrogen-bond acceptors (Lipinski definition) is 11.